The molecule has 1 amide bonds. The highest BCUT2D eigenvalue weighted by molar-refractivity contribution is 6.31. The largest absolute Gasteiger partial charge is 0.457 e. The van der Waals surface area contributed by atoms with Crippen LogP contribution in [-0.2, 0) is 14.3 Å². The summed E-state index contributed by atoms with van der Waals surface area (Å²) in [5, 5.41) is 3.15. The average molecular weight is 480 g/mol. The Morgan fingerprint density at radius 3 is 2.26 bits per heavy atom. The molecule has 0 aliphatic heterocycles. The van der Waals surface area contributed by atoms with Gasteiger partial charge < -0.3 is 14.8 Å². The normalized spacial score (nSPS) is 11.4. The molecule has 0 fully saturated rings. The number of ether oxygens (including phenoxy) is 2. The van der Waals surface area contributed by atoms with Crippen molar-refractivity contribution in [2.45, 2.75) is 39.7 Å². The van der Waals surface area contributed by atoms with E-state index in [1.165, 1.54) is 18.6 Å². The molecule has 6 nitrogen and oxygen atoms in total. The van der Waals surface area contributed by atoms with Crippen LogP contribution in [0.5, 0.6) is 11.5 Å². The molecule has 7 heteroatoms. The number of anilines is 1. The van der Waals surface area contributed by atoms with Crippen LogP contribution in [0, 0.1) is 13.8 Å². The van der Waals surface area contributed by atoms with Crippen molar-refractivity contribution in [2.24, 2.45) is 0 Å². The predicted octanol–water partition coefficient (Wildman–Crippen LogP) is 6.28. The molecule has 1 atom stereocenters. The number of halogens is 1. The lowest BCUT2D eigenvalue weighted by atomic mass is 10.1. The van der Waals surface area contributed by atoms with Crippen LogP contribution in [0.1, 0.15) is 41.3 Å². The number of rotatable bonds is 9. The molecule has 176 valence electrons. The smallest absolute Gasteiger partial charge is 0.307 e. The zero-order chi connectivity index (χ0) is 24.7. The van der Waals surface area contributed by atoms with Gasteiger partial charge in [-0.15, -0.1) is 0 Å². The summed E-state index contributed by atoms with van der Waals surface area (Å²) in [6.45, 7) is 5.55. The molecule has 0 aliphatic rings. The van der Waals surface area contributed by atoms with Crippen molar-refractivity contribution in [1.29, 1.82) is 0 Å². The standard InChI is InChI=1S/C27H26ClNO5/c1-17-7-10-24(15-18(17)2)34-23-11-8-22(9-12-23)29-25(30)13-14-26(31)33-19(3)27(32)20-5-4-6-21(28)16-20/h4-12,15-16,19H,13-14H2,1-3H3,(H,29,30). The monoisotopic (exact) mass is 479 g/mol. The third-order valence-electron chi connectivity index (χ3n) is 5.19. The third-order valence-corrected chi connectivity index (χ3v) is 5.43. The highest BCUT2D eigenvalue weighted by Crippen LogP contribution is 2.25. The van der Waals surface area contributed by atoms with Crippen LogP contribution in [0.15, 0.2) is 66.7 Å². The van der Waals surface area contributed by atoms with Gasteiger partial charge in [-0.25, -0.2) is 0 Å². The van der Waals surface area contributed by atoms with Crippen molar-refractivity contribution in [3.8, 4) is 11.5 Å². The lowest BCUT2D eigenvalue weighted by Gasteiger charge is -2.12. The van der Waals surface area contributed by atoms with Gasteiger partial charge in [-0.2, -0.15) is 0 Å². The number of hydrogen-bond donors (Lipinski definition) is 1. The van der Waals surface area contributed by atoms with Gasteiger partial charge in [0.15, 0.2) is 6.10 Å². The van der Waals surface area contributed by atoms with Gasteiger partial charge in [0.1, 0.15) is 11.5 Å². The van der Waals surface area contributed by atoms with Crippen LogP contribution < -0.4 is 10.1 Å². The van der Waals surface area contributed by atoms with Gasteiger partial charge in [-0.3, -0.25) is 14.4 Å². The Balaban J connectivity index is 1.44. The maximum atomic E-state index is 12.4. The molecule has 0 bridgehead atoms. The fourth-order valence-electron chi connectivity index (χ4n) is 3.14. The minimum absolute atomic E-state index is 0.0716. The molecule has 0 saturated heterocycles. The van der Waals surface area contributed by atoms with Gasteiger partial charge >= 0.3 is 5.97 Å². The Morgan fingerprint density at radius 1 is 0.882 bits per heavy atom. The van der Waals surface area contributed by atoms with E-state index in [4.69, 9.17) is 21.1 Å². The van der Waals surface area contributed by atoms with Crippen molar-refractivity contribution in [3.63, 3.8) is 0 Å². The van der Waals surface area contributed by atoms with Crippen LogP contribution in [0.3, 0.4) is 0 Å². The summed E-state index contributed by atoms with van der Waals surface area (Å²) in [7, 11) is 0. The van der Waals surface area contributed by atoms with E-state index < -0.39 is 12.1 Å². The summed E-state index contributed by atoms with van der Waals surface area (Å²) in [6, 6.07) is 19.2. The molecule has 0 spiro atoms. The van der Waals surface area contributed by atoms with E-state index in [0.717, 1.165) is 11.3 Å². The van der Waals surface area contributed by atoms with Gasteiger partial charge in [0, 0.05) is 22.7 Å². The van der Waals surface area contributed by atoms with Gasteiger partial charge in [-0.1, -0.05) is 29.8 Å². The van der Waals surface area contributed by atoms with E-state index in [9.17, 15) is 14.4 Å². The van der Waals surface area contributed by atoms with Crippen molar-refractivity contribution in [3.05, 3.63) is 88.4 Å². The summed E-state index contributed by atoms with van der Waals surface area (Å²) >= 11 is 5.89. The Bertz CT molecular complexity index is 1190. The highest BCUT2D eigenvalue weighted by Gasteiger charge is 2.20. The van der Waals surface area contributed by atoms with Gasteiger partial charge in [0.2, 0.25) is 11.7 Å². The number of amides is 1. The van der Waals surface area contributed by atoms with Gasteiger partial charge in [0.05, 0.1) is 6.42 Å². The molecular weight excluding hydrogens is 454 g/mol. The fourth-order valence-corrected chi connectivity index (χ4v) is 3.34. The first kappa shape index (κ1) is 25.0. The Labute approximate surface area is 203 Å². The Morgan fingerprint density at radius 2 is 1.59 bits per heavy atom. The number of carbonyl (C=O) groups is 3. The molecule has 0 radical (unpaired) electrons. The van der Waals surface area contributed by atoms with Gasteiger partial charge in [0.25, 0.3) is 0 Å². The Kier molecular flexibility index (Phi) is 8.44. The molecule has 34 heavy (non-hydrogen) atoms. The maximum Gasteiger partial charge on any atom is 0.307 e. The number of hydrogen-bond acceptors (Lipinski definition) is 5. The number of esters is 1. The van der Waals surface area contributed by atoms with Crippen LogP contribution >= 0.6 is 11.6 Å². The van der Waals surface area contributed by atoms with Crippen molar-refractivity contribution < 1.29 is 23.9 Å². The van der Waals surface area contributed by atoms with Crippen LogP contribution in [0.25, 0.3) is 0 Å². The number of aryl methyl sites for hydroxylation is 2. The number of ketones is 1. The Hall–Kier alpha value is -3.64. The summed E-state index contributed by atoms with van der Waals surface area (Å²) in [5.74, 6) is 0.0526. The van der Waals surface area contributed by atoms with Crippen molar-refractivity contribution >= 4 is 34.9 Å². The predicted molar refractivity (Wildman–Crippen MR) is 132 cm³/mol. The van der Waals surface area contributed by atoms with E-state index in [2.05, 4.69) is 5.32 Å². The molecule has 3 rings (SSSR count). The second-order valence-electron chi connectivity index (χ2n) is 7.93. The minimum Gasteiger partial charge on any atom is -0.457 e. The van der Waals surface area contributed by atoms with Crippen LogP contribution in [0.2, 0.25) is 5.02 Å². The number of Topliss-reactive ketones (excluding diaryl/α,β-unsaturated/α-hetero) is 1. The van der Waals surface area contributed by atoms with E-state index in [1.807, 2.05) is 32.0 Å². The molecule has 0 heterocycles. The molecule has 0 saturated carbocycles. The molecule has 0 aromatic heterocycles. The third kappa shape index (κ3) is 7.18. The SMILES string of the molecule is Cc1ccc(Oc2ccc(NC(=O)CCC(=O)OC(C)C(=O)c3cccc(Cl)c3)cc2)cc1C. The summed E-state index contributed by atoms with van der Waals surface area (Å²) in [4.78, 5) is 36.6. The number of benzene rings is 3. The summed E-state index contributed by atoms with van der Waals surface area (Å²) < 4.78 is 11.0. The van der Waals surface area contributed by atoms with E-state index in [0.29, 0.717) is 22.0 Å². The van der Waals surface area contributed by atoms with Crippen LogP contribution in [0.4, 0.5) is 5.69 Å². The number of nitrogens with one attached hydrogen (secondary N) is 1. The zero-order valence-electron chi connectivity index (χ0n) is 19.3. The fraction of sp³-hybridized carbons (Fsp3) is 0.222. The lowest BCUT2D eigenvalue weighted by Crippen LogP contribution is -2.25. The van der Waals surface area contributed by atoms with E-state index >= 15 is 0 Å². The summed E-state index contributed by atoms with van der Waals surface area (Å²) in [6.07, 6.45) is -1.19. The first-order chi connectivity index (χ1) is 16.2. The average Bonchev–Trinajstić information content (AvgIpc) is 2.81. The topological polar surface area (TPSA) is 81.7 Å². The second kappa shape index (κ2) is 11.5. The molecule has 1 N–H and O–H groups in total. The number of carbonyl (C=O) groups excluding carboxylic acids is 3. The summed E-state index contributed by atoms with van der Waals surface area (Å²) in [5.41, 5.74) is 3.27. The zero-order valence-corrected chi connectivity index (χ0v) is 20.0. The first-order valence-electron chi connectivity index (χ1n) is 10.9. The second-order valence-corrected chi connectivity index (χ2v) is 8.36. The van der Waals surface area contributed by atoms with Crippen molar-refractivity contribution in [2.75, 3.05) is 5.32 Å². The van der Waals surface area contributed by atoms with Crippen LogP contribution in [-0.4, -0.2) is 23.8 Å². The maximum absolute atomic E-state index is 12.4. The highest BCUT2D eigenvalue weighted by atomic mass is 35.5. The van der Waals surface area contributed by atoms with E-state index in [-0.39, 0.29) is 24.5 Å². The van der Waals surface area contributed by atoms with E-state index in [1.54, 1.807) is 42.5 Å². The molecule has 0 aliphatic carbocycles. The molecule has 3 aromatic rings. The van der Waals surface area contributed by atoms with Gasteiger partial charge in [-0.05, 0) is 80.4 Å². The quantitative estimate of drug-likeness (QED) is 0.288. The molecular formula is C27H26ClNO5. The van der Waals surface area contributed by atoms with Crippen molar-refractivity contribution in [1.82, 2.24) is 0 Å². The first-order valence-corrected chi connectivity index (χ1v) is 11.2. The molecule has 1 unspecified atom stereocenters. The molecule has 3 aromatic carbocycles. The minimum atomic E-state index is -0.973. The lowest BCUT2D eigenvalue weighted by molar-refractivity contribution is -0.147.